The zero-order valence-corrected chi connectivity index (χ0v) is 12.7. The van der Waals surface area contributed by atoms with Crippen molar-refractivity contribution in [2.75, 3.05) is 36.9 Å². The fraction of sp³-hybridized carbons (Fsp3) is 0.250. The molecule has 1 aliphatic rings. The van der Waals surface area contributed by atoms with E-state index in [1.165, 1.54) is 0 Å². The highest BCUT2D eigenvalue weighted by Gasteiger charge is 2.16. The molecule has 0 aliphatic carbocycles. The van der Waals surface area contributed by atoms with Crippen LogP contribution in [0.5, 0.6) is 0 Å². The van der Waals surface area contributed by atoms with Crippen LogP contribution in [0.3, 0.4) is 0 Å². The number of carbonyl (C=O) groups is 1. The topological polar surface area (TPSA) is 68.5 Å². The maximum atomic E-state index is 12.5. The molecule has 1 saturated heterocycles. The molecule has 0 unspecified atom stereocenters. The minimum Gasteiger partial charge on any atom is -0.398 e. The van der Waals surface area contributed by atoms with Crippen LogP contribution in [0.2, 0.25) is 5.02 Å². The minimum atomic E-state index is -0.180. The van der Waals surface area contributed by atoms with Crippen molar-refractivity contribution in [2.24, 2.45) is 0 Å². The summed E-state index contributed by atoms with van der Waals surface area (Å²) in [5, 5.41) is 0.482. The van der Waals surface area contributed by atoms with Gasteiger partial charge in [0.15, 0.2) is 5.78 Å². The second-order valence-corrected chi connectivity index (χ2v) is 5.50. The molecule has 0 amide bonds. The van der Waals surface area contributed by atoms with Crippen molar-refractivity contribution in [2.45, 2.75) is 0 Å². The van der Waals surface area contributed by atoms with Gasteiger partial charge in [0.25, 0.3) is 0 Å². The van der Waals surface area contributed by atoms with Crippen LogP contribution in [0.1, 0.15) is 15.9 Å². The molecule has 0 bridgehead atoms. The first-order valence-electron chi connectivity index (χ1n) is 7.03. The number of nitrogen functional groups attached to an aromatic ring is 1. The molecule has 0 spiro atoms. The number of carbonyl (C=O) groups excluding carboxylic acids is 1. The highest BCUT2D eigenvalue weighted by Crippen LogP contribution is 2.22. The van der Waals surface area contributed by atoms with Crippen LogP contribution in [0.4, 0.5) is 11.5 Å². The second kappa shape index (κ2) is 6.34. The lowest BCUT2D eigenvalue weighted by Crippen LogP contribution is -2.36. The van der Waals surface area contributed by atoms with Crippen molar-refractivity contribution in [3.63, 3.8) is 0 Å². The van der Waals surface area contributed by atoms with Gasteiger partial charge in [-0.1, -0.05) is 11.6 Å². The van der Waals surface area contributed by atoms with Crippen molar-refractivity contribution >= 4 is 28.9 Å². The summed E-state index contributed by atoms with van der Waals surface area (Å²) in [5.74, 6) is 0.667. The number of ether oxygens (including phenoxy) is 1. The number of halogens is 1. The quantitative estimate of drug-likeness (QED) is 0.695. The zero-order chi connectivity index (χ0) is 15.5. The van der Waals surface area contributed by atoms with Crippen molar-refractivity contribution < 1.29 is 9.53 Å². The van der Waals surface area contributed by atoms with Gasteiger partial charge in [-0.2, -0.15) is 0 Å². The summed E-state index contributed by atoms with van der Waals surface area (Å²) < 4.78 is 5.32. The van der Waals surface area contributed by atoms with E-state index in [4.69, 9.17) is 22.1 Å². The average molecular weight is 318 g/mol. The summed E-state index contributed by atoms with van der Waals surface area (Å²) in [6, 6.07) is 8.48. The molecule has 1 aromatic heterocycles. The van der Waals surface area contributed by atoms with Gasteiger partial charge < -0.3 is 15.4 Å². The first-order valence-corrected chi connectivity index (χ1v) is 7.41. The Labute approximate surface area is 133 Å². The van der Waals surface area contributed by atoms with Crippen LogP contribution in [0, 0.1) is 0 Å². The molecule has 2 aromatic rings. The molecule has 0 saturated carbocycles. The summed E-state index contributed by atoms with van der Waals surface area (Å²) in [6.07, 6.45) is 1.58. The van der Waals surface area contributed by atoms with E-state index in [9.17, 15) is 4.79 Å². The average Bonchev–Trinajstić information content (AvgIpc) is 2.57. The molecule has 6 heteroatoms. The number of ketones is 1. The van der Waals surface area contributed by atoms with E-state index in [1.54, 1.807) is 30.5 Å². The van der Waals surface area contributed by atoms with E-state index < -0.39 is 0 Å². The number of rotatable bonds is 3. The van der Waals surface area contributed by atoms with Gasteiger partial charge in [0.2, 0.25) is 0 Å². The summed E-state index contributed by atoms with van der Waals surface area (Å²) in [7, 11) is 0. The molecule has 2 heterocycles. The number of nitrogens with zero attached hydrogens (tertiary/aromatic N) is 2. The number of hydrogen-bond donors (Lipinski definition) is 1. The lowest BCUT2D eigenvalue weighted by molar-refractivity contribution is 0.103. The number of nitrogens with two attached hydrogens (primary N) is 1. The molecule has 1 aromatic carbocycles. The standard InChI is InChI=1S/C16H16ClN3O2/c17-12-2-3-14(18)13(9-12)16(21)11-1-4-15(19-10-11)20-5-7-22-8-6-20/h1-4,9-10H,5-8,18H2. The third-order valence-corrected chi connectivity index (χ3v) is 3.84. The Morgan fingerprint density at radius 2 is 2.00 bits per heavy atom. The Kier molecular flexibility index (Phi) is 4.27. The van der Waals surface area contributed by atoms with Crippen molar-refractivity contribution in [1.82, 2.24) is 4.98 Å². The smallest absolute Gasteiger partial charge is 0.196 e. The predicted octanol–water partition coefficient (Wildman–Crippen LogP) is 2.38. The summed E-state index contributed by atoms with van der Waals surface area (Å²) in [5.41, 5.74) is 7.15. The van der Waals surface area contributed by atoms with Gasteiger partial charge in [-0.25, -0.2) is 4.98 Å². The van der Waals surface area contributed by atoms with Crippen LogP contribution in [-0.2, 0) is 4.74 Å². The van der Waals surface area contributed by atoms with Crippen LogP contribution in [-0.4, -0.2) is 37.1 Å². The first-order chi connectivity index (χ1) is 10.6. The van der Waals surface area contributed by atoms with Crippen molar-refractivity contribution in [3.8, 4) is 0 Å². The van der Waals surface area contributed by atoms with Crippen molar-refractivity contribution in [1.29, 1.82) is 0 Å². The lowest BCUT2D eigenvalue weighted by Gasteiger charge is -2.27. The van der Waals surface area contributed by atoms with E-state index in [0.717, 1.165) is 18.9 Å². The van der Waals surface area contributed by atoms with E-state index >= 15 is 0 Å². The number of aromatic nitrogens is 1. The van der Waals surface area contributed by atoms with Gasteiger partial charge in [0.05, 0.1) is 13.2 Å². The Balaban J connectivity index is 1.82. The molecule has 5 nitrogen and oxygen atoms in total. The van der Waals surface area contributed by atoms with Gasteiger partial charge in [0.1, 0.15) is 5.82 Å². The molecule has 1 fully saturated rings. The van der Waals surface area contributed by atoms with Gasteiger partial charge in [-0.15, -0.1) is 0 Å². The van der Waals surface area contributed by atoms with E-state index in [1.807, 2.05) is 6.07 Å². The number of anilines is 2. The fourth-order valence-corrected chi connectivity index (χ4v) is 2.55. The number of morpholine rings is 1. The lowest BCUT2D eigenvalue weighted by atomic mass is 10.0. The maximum absolute atomic E-state index is 12.5. The second-order valence-electron chi connectivity index (χ2n) is 5.07. The van der Waals surface area contributed by atoms with Gasteiger partial charge in [0, 0.05) is 41.1 Å². The normalized spacial score (nSPS) is 14.9. The SMILES string of the molecule is Nc1ccc(Cl)cc1C(=O)c1ccc(N2CCOCC2)nc1. The number of pyridine rings is 1. The minimum absolute atomic E-state index is 0.180. The van der Waals surface area contributed by atoms with Gasteiger partial charge >= 0.3 is 0 Å². The van der Waals surface area contributed by atoms with Gasteiger partial charge in [-0.3, -0.25) is 4.79 Å². The highest BCUT2D eigenvalue weighted by atomic mass is 35.5. The fourth-order valence-electron chi connectivity index (χ4n) is 2.38. The molecular formula is C16H16ClN3O2. The Hall–Kier alpha value is -2.11. The molecule has 114 valence electrons. The molecule has 2 N–H and O–H groups in total. The predicted molar refractivity (Wildman–Crippen MR) is 86.6 cm³/mol. The zero-order valence-electron chi connectivity index (χ0n) is 12.0. The molecule has 3 rings (SSSR count). The summed E-state index contributed by atoms with van der Waals surface area (Å²) in [6.45, 7) is 3.01. The van der Waals surface area contributed by atoms with E-state index in [-0.39, 0.29) is 5.78 Å². The Bertz CT molecular complexity index is 682. The monoisotopic (exact) mass is 317 g/mol. The third-order valence-electron chi connectivity index (χ3n) is 3.61. The molecule has 22 heavy (non-hydrogen) atoms. The summed E-state index contributed by atoms with van der Waals surface area (Å²) >= 11 is 5.93. The Morgan fingerprint density at radius 1 is 1.23 bits per heavy atom. The third kappa shape index (κ3) is 3.05. The van der Waals surface area contributed by atoms with Crippen molar-refractivity contribution in [3.05, 3.63) is 52.7 Å². The van der Waals surface area contributed by atoms with Gasteiger partial charge in [-0.05, 0) is 30.3 Å². The van der Waals surface area contributed by atoms with Crippen LogP contribution in [0.25, 0.3) is 0 Å². The Morgan fingerprint density at radius 3 is 2.68 bits per heavy atom. The summed E-state index contributed by atoms with van der Waals surface area (Å²) in [4.78, 5) is 19.0. The van der Waals surface area contributed by atoms with Crippen LogP contribution < -0.4 is 10.6 Å². The number of benzene rings is 1. The first kappa shape index (κ1) is 14.8. The number of hydrogen-bond acceptors (Lipinski definition) is 5. The van der Waals surface area contributed by atoms with Crippen LogP contribution in [0.15, 0.2) is 36.5 Å². The largest absolute Gasteiger partial charge is 0.398 e. The molecule has 1 aliphatic heterocycles. The maximum Gasteiger partial charge on any atom is 0.196 e. The molecular weight excluding hydrogens is 302 g/mol. The van der Waals surface area contributed by atoms with E-state index in [2.05, 4.69) is 9.88 Å². The van der Waals surface area contributed by atoms with E-state index in [0.29, 0.717) is 35.1 Å². The molecule has 0 radical (unpaired) electrons. The van der Waals surface area contributed by atoms with Crippen LogP contribution >= 0.6 is 11.6 Å². The highest BCUT2D eigenvalue weighted by molar-refractivity contribution is 6.31. The molecule has 0 atom stereocenters.